The minimum Gasteiger partial charge on any atom is -0.464 e. The van der Waals surface area contributed by atoms with E-state index in [1.165, 1.54) is 0 Å². The molecule has 2 unspecified atom stereocenters. The number of benzene rings is 1. The molecule has 0 saturated carbocycles. The highest BCUT2D eigenvalue weighted by molar-refractivity contribution is 5.86. The molecule has 0 spiro atoms. The fourth-order valence-corrected chi connectivity index (χ4v) is 2.41. The van der Waals surface area contributed by atoms with Crippen molar-refractivity contribution in [2.45, 2.75) is 25.6 Å². The molecule has 88 valence electrons. The summed E-state index contributed by atoms with van der Waals surface area (Å²) < 4.78 is 5.43. The van der Waals surface area contributed by atoms with Gasteiger partial charge in [-0.1, -0.05) is 19.1 Å². The first kappa shape index (κ1) is 10.4. The molecule has 2 atom stereocenters. The van der Waals surface area contributed by atoms with E-state index in [1.807, 2.05) is 31.2 Å². The molecule has 2 aromatic rings. The van der Waals surface area contributed by atoms with Gasteiger partial charge >= 0.3 is 0 Å². The van der Waals surface area contributed by atoms with E-state index in [9.17, 15) is 9.90 Å². The number of H-pyrrole nitrogens is 1. The molecule has 17 heavy (non-hydrogen) atoms. The summed E-state index contributed by atoms with van der Waals surface area (Å²) in [5.41, 5.74) is 1.24. The zero-order chi connectivity index (χ0) is 12.0. The standard InChI is InChI=1S/C13H13NO3/c1-7-6-10(15)17-12-8-4-2-3-5-9(8)14-13(16)11(7)12/h2-5,7,10,15H,6H2,1H3,(H,14,16). The fourth-order valence-electron chi connectivity index (χ4n) is 2.41. The Kier molecular flexibility index (Phi) is 2.19. The van der Waals surface area contributed by atoms with E-state index in [0.717, 1.165) is 10.9 Å². The number of rotatable bonds is 0. The molecular formula is C13H13NO3. The summed E-state index contributed by atoms with van der Waals surface area (Å²) in [7, 11) is 0. The van der Waals surface area contributed by atoms with Crippen molar-refractivity contribution in [3.63, 3.8) is 0 Å². The van der Waals surface area contributed by atoms with Crippen molar-refractivity contribution in [1.29, 1.82) is 0 Å². The van der Waals surface area contributed by atoms with Crippen LogP contribution >= 0.6 is 0 Å². The Morgan fingerprint density at radius 2 is 2.18 bits per heavy atom. The van der Waals surface area contributed by atoms with E-state index in [4.69, 9.17) is 4.74 Å². The number of aromatic amines is 1. The number of aliphatic hydroxyl groups excluding tert-OH is 1. The molecule has 2 N–H and O–H groups in total. The van der Waals surface area contributed by atoms with Gasteiger partial charge in [0.1, 0.15) is 5.75 Å². The average molecular weight is 231 g/mol. The predicted molar refractivity (Wildman–Crippen MR) is 64.2 cm³/mol. The topological polar surface area (TPSA) is 62.3 Å². The van der Waals surface area contributed by atoms with Crippen LogP contribution < -0.4 is 10.3 Å². The van der Waals surface area contributed by atoms with Crippen molar-refractivity contribution >= 4 is 10.9 Å². The Balaban J connectivity index is 2.39. The Hall–Kier alpha value is -1.81. The predicted octanol–water partition coefficient (Wildman–Crippen LogP) is 1.73. The maximum absolute atomic E-state index is 12.0. The molecule has 3 rings (SSSR count). The second kappa shape index (κ2) is 3.60. The number of pyridine rings is 1. The normalized spacial score (nSPS) is 23.2. The largest absolute Gasteiger partial charge is 0.464 e. The van der Waals surface area contributed by atoms with Crippen LogP contribution in [0.15, 0.2) is 29.1 Å². The molecular weight excluding hydrogens is 218 g/mol. The summed E-state index contributed by atoms with van der Waals surface area (Å²) in [5, 5.41) is 10.5. The molecule has 1 aromatic carbocycles. The highest BCUT2D eigenvalue weighted by Crippen LogP contribution is 2.37. The number of hydrogen-bond acceptors (Lipinski definition) is 3. The summed E-state index contributed by atoms with van der Waals surface area (Å²) in [6.07, 6.45) is -0.378. The van der Waals surface area contributed by atoms with Crippen molar-refractivity contribution in [2.24, 2.45) is 0 Å². The molecule has 1 aliphatic rings. The Morgan fingerprint density at radius 3 is 3.00 bits per heavy atom. The zero-order valence-corrected chi connectivity index (χ0v) is 9.43. The molecule has 0 bridgehead atoms. The van der Waals surface area contributed by atoms with Gasteiger partial charge in [-0.3, -0.25) is 4.79 Å². The van der Waals surface area contributed by atoms with Crippen molar-refractivity contribution in [3.05, 3.63) is 40.2 Å². The van der Waals surface area contributed by atoms with Crippen LogP contribution in [0.25, 0.3) is 10.9 Å². The first-order valence-electron chi connectivity index (χ1n) is 5.66. The Morgan fingerprint density at radius 1 is 1.41 bits per heavy atom. The monoisotopic (exact) mass is 231 g/mol. The van der Waals surface area contributed by atoms with Crippen molar-refractivity contribution in [3.8, 4) is 5.75 Å². The molecule has 4 nitrogen and oxygen atoms in total. The first-order valence-corrected chi connectivity index (χ1v) is 5.66. The van der Waals surface area contributed by atoms with Crippen molar-refractivity contribution in [1.82, 2.24) is 4.98 Å². The number of fused-ring (bicyclic) bond motifs is 3. The second-order valence-electron chi connectivity index (χ2n) is 4.45. The first-order chi connectivity index (χ1) is 8.16. The number of para-hydroxylation sites is 1. The summed E-state index contributed by atoms with van der Waals surface area (Å²) in [4.78, 5) is 14.8. The summed E-state index contributed by atoms with van der Waals surface area (Å²) in [5.74, 6) is 0.526. The lowest BCUT2D eigenvalue weighted by atomic mass is 9.94. The van der Waals surface area contributed by atoms with Gasteiger partial charge in [0.25, 0.3) is 5.56 Å². The quantitative estimate of drug-likeness (QED) is 0.725. The van der Waals surface area contributed by atoms with E-state index in [2.05, 4.69) is 4.98 Å². The minimum absolute atomic E-state index is 0.00195. The van der Waals surface area contributed by atoms with Gasteiger partial charge in [0.15, 0.2) is 6.29 Å². The highest BCUT2D eigenvalue weighted by atomic mass is 16.6. The number of nitrogens with one attached hydrogen (secondary N) is 1. The molecule has 1 aliphatic heterocycles. The lowest BCUT2D eigenvalue weighted by molar-refractivity contribution is -0.0366. The van der Waals surface area contributed by atoms with Crippen LogP contribution in [-0.4, -0.2) is 16.4 Å². The Labute approximate surface area is 97.9 Å². The number of ether oxygens (including phenoxy) is 1. The number of aliphatic hydroxyl groups is 1. The van der Waals surface area contributed by atoms with Crippen LogP contribution in [0, 0.1) is 0 Å². The molecule has 0 radical (unpaired) electrons. The maximum atomic E-state index is 12.0. The van der Waals surface area contributed by atoms with Crippen LogP contribution in [0.1, 0.15) is 24.8 Å². The van der Waals surface area contributed by atoms with E-state index < -0.39 is 6.29 Å². The van der Waals surface area contributed by atoms with E-state index in [1.54, 1.807) is 0 Å². The van der Waals surface area contributed by atoms with Gasteiger partial charge in [0, 0.05) is 11.8 Å². The van der Waals surface area contributed by atoms with Gasteiger partial charge in [0.2, 0.25) is 0 Å². The third-order valence-corrected chi connectivity index (χ3v) is 3.21. The van der Waals surface area contributed by atoms with Gasteiger partial charge in [-0.25, -0.2) is 0 Å². The number of aromatic nitrogens is 1. The molecule has 4 heteroatoms. The van der Waals surface area contributed by atoms with Gasteiger partial charge < -0.3 is 14.8 Å². The molecule has 0 aliphatic carbocycles. The van der Waals surface area contributed by atoms with Gasteiger partial charge in [-0.05, 0) is 18.1 Å². The van der Waals surface area contributed by atoms with Crippen LogP contribution in [0.5, 0.6) is 5.75 Å². The van der Waals surface area contributed by atoms with E-state index in [-0.39, 0.29) is 11.5 Å². The van der Waals surface area contributed by atoms with Crippen LogP contribution in [-0.2, 0) is 0 Å². The van der Waals surface area contributed by atoms with Gasteiger partial charge in [-0.2, -0.15) is 0 Å². The maximum Gasteiger partial charge on any atom is 0.255 e. The van der Waals surface area contributed by atoms with Crippen molar-refractivity contribution < 1.29 is 9.84 Å². The van der Waals surface area contributed by atoms with Gasteiger partial charge in [0.05, 0.1) is 11.1 Å². The fraction of sp³-hybridized carbons (Fsp3) is 0.308. The average Bonchev–Trinajstić information content (AvgIpc) is 2.28. The summed E-state index contributed by atoms with van der Waals surface area (Å²) in [6, 6.07) is 7.45. The molecule has 0 saturated heterocycles. The zero-order valence-electron chi connectivity index (χ0n) is 9.43. The third-order valence-electron chi connectivity index (χ3n) is 3.21. The second-order valence-corrected chi connectivity index (χ2v) is 4.45. The van der Waals surface area contributed by atoms with Crippen LogP contribution in [0.4, 0.5) is 0 Å². The summed E-state index contributed by atoms with van der Waals surface area (Å²) >= 11 is 0. The molecule has 0 amide bonds. The van der Waals surface area contributed by atoms with Crippen LogP contribution in [0.3, 0.4) is 0 Å². The lowest BCUT2D eigenvalue weighted by Crippen LogP contribution is -2.29. The number of hydrogen-bond donors (Lipinski definition) is 2. The van der Waals surface area contributed by atoms with E-state index in [0.29, 0.717) is 17.7 Å². The van der Waals surface area contributed by atoms with Crippen molar-refractivity contribution in [2.75, 3.05) is 0 Å². The molecule has 1 aromatic heterocycles. The highest BCUT2D eigenvalue weighted by Gasteiger charge is 2.28. The van der Waals surface area contributed by atoms with Gasteiger partial charge in [-0.15, -0.1) is 0 Å². The summed E-state index contributed by atoms with van der Waals surface area (Å²) in [6.45, 7) is 1.93. The SMILES string of the molecule is CC1CC(O)Oc2c1c(=O)[nH]c1ccccc21. The minimum atomic E-state index is -0.831. The lowest BCUT2D eigenvalue weighted by Gasteiger charge is -2.27. The van der Waals surface area contributed by atoms with E-state index >= 15 is 0 Å². The third kappa shape index (κ3) is 1.52. The van der Waals surface area contributed by atoms with Crippen LogP contribution in [0.2, 0.25) is 0 Å². The molecule has 2 heterocycles. The smallest absolute Gasteiger partial charge is 0.255 e. The Bertz CT molecular complexity index is 632. The molecule has 0 fully saturated rings.